The number of rotatable bonds is 11. The van der Waals surface area contributed by atoms with Crippen molar-refractivity contribution in [3.63, 3.8) is 0 Å². The summed E-state index contributed by atoms with van der Waals surface area (Å²) >= 11 is 0. The number of anilines is 1. The summed E-state index contributed by atoms with van der Waals surface area (Å²) in [5.74, 6) is -4.31. The van der Waals surface area contributed by atoms with Crippen molar-refractivity contribution in [1.82, 2.24) is 5.32 Å². The molecule has 0 aromatic heterocycles. The first-order valence-corrected chi connectivity index (χ1v) is 12.8. The summed E-state index contributed by atoms with van der Waals surface area (Å²) < 4.78 is 110. The van der Waals surface area contributed by atoms with Gasteiger partial charge >= 0.3 is 18.4 Å². The van der Waals surface area contributed by atoms with Gasteiger partial charge in [0.1, 0.15) is 29.5 Å². The first-order chi connectivity index (χ1) is 20.3. The standard InChI is InChI=1S/C28H27F7N2O7/c1-26(2,3)44-25(40)36-10-11-41-23-20(22(38)19-9-4-16(29)12-21(19)43-15-28(33,34)35)13-37(24(23)39)17-5-7-18(8-6-17)42-14-27(30,31)32/h4-9,12H,10-11,13-15H2,1-3H3,(H,36,40). The third-order valence-corrected chi connectivity index (χ3v) is 5.45. The van der Waals surface area contributed by atoms with Crippen LogP contribution in [0.4, 0.5) is 41.2 Å². The number of carbonyl (C=O) groups excluding carboxylic acids is 3. The molecular weight excluding hydrogens is 609 g/mol. The fourth-order valence-electron chi connectivity index (χ4n) is 3.72. The molecule has 2 amide bonds. The first kappa shape index (κ1) is 34.0. The molecule has 0 bridgehead atoms. The molecule has 0 aliphatic carbocycles. The Labute approximate surface area is 246 Å². The second-order valence-electron chi connectivity index (χ2n) is 10.2. The van der Waals surface area contributed by atoms with Crippen molar-refractivity contribution in [3.05, 3.63) is 65.2 Å². The minimum Gasteiger partial charge on any atom is -0.486 e. The van der Waals surface area contributed by atoms with Crippen molar-refractivity contribution < 1.29 is 64.1 Å². The lowest BCUT2D eigenvalue weighted by molar-refractivity contribution is -0.154. The number of halogens is 7. The molecule has 0 saturated heterocycles. The van der Waals surface area contributed by atoms with Crippen LogP contribution in [0.1, 0.15) is 31.1 Å². The quantitative estimate of drug-likeness (QED) is 0.191. The monoisotopic (exact) mass is 636 g/mol. The van der Waals surface area contributed by atoms with Crippen LogP contribution in [0.25, 0.3) is 0 Å². The number of alkyl halides is 6. The Morgan fingerprint density at radius 1 is 0.886 bits per heavy atom. The molecule has 9 nitrogen and oxygen atoms in total. The van der Waals surface area contributed by atoms with Crippen molar-refractivity contribution in [3.8, 4) is 11.5 Å². The highest BCUT2D eigenvalue weighted by Gasteiger charge is 2.38. The highest BCUT2D eigenvalue weighted by atomic mass is 19.4. The molecule has 44 heavy (non-hydrogen) atoms. The van der Waals surface area contributed by atoms with E-state index in [1.807, 2.05) is 0 Å². The largest absolute Gasteiger partial charge is 0.486 e. The van der Waals surface area contributed by atoms with Gasteiger partial charge in [-0.25, -0.2) is 9.18 Å². The van der Waals surface area contributed by atoms with E-state index in [-0.39, 0.29) is 30.2 Å². The second kappa shape index (κ2) is 13.4. The van der Waals surface area contributed by atoms with Gasteiger partial charge in [-0.3, -0.25) is 9.59 Å². The molecule has 1 N–H and O–H groups in total. The van der Waals surface area contributed by atoms with Crippen LogP contribution in [0.3, 0.4) is 0 Å². The van der Waals surface area contributed by atoms with Gasteiger partial charge in [0.25, 0.3) is 5.91 Å². The van der Waals surface area contributed by atoms with Crippen LogP contribution >= 0.6 is 0 Å². The molecule has 1 aliphatic rings. The summed E-state index contributed by atoms with van der Waals surface area (Å²) in [5.41, 5.74) is -1.53. The predicted octanol–water partition coefficient (Wildman–Crippen LogP) is 5.73. The van der Waals surface area contributed by atoms with Crippen LogP contribution in [-0.2, 0) is 14.3 Å². The van der Waals surface area contributed by atoms with Gasteiger partial charge in [0.05, 0.1) is 24.2 Å². The average molecular weight is 637 g/mol. The van der Waals surface area contributed by atoms with E-state index in [0.29, 0.717) is 6.07 Å². The van der Waals surface area contributed by atoms with Gasteiger partial charge in [0.15, 0.2) is 24.8 Å². The Hall–Kier alpha value is -4.50. The van der Waals surface area contributed by atoms with Crippen LogP contribution in [0.2, 0.25) is 0 Å². The van der Waals surface area contributed by atoms with Gasteiger partial charge in [-0.15, -0.1) is 0 Å². The van der Waals surface area contributed by atoms with Gasteiger partial charge in [-0.05, 0) is 57.2 Å². The summed E-state index contributed by atoms with van der Waals surface area (Å²) in [5, 5.41) is 2.39. The zero-order valence-electron chi connectivity index (χ0n) is 23.5. The number of benzene rings is 2. The Balaban J connectivity index is 1.87. The van der Waals surface area contributed by atoms with Crippen molar-refractivity contribution in [2.45, 2.75) is 38.7 Å². The lowest BCUT2D eigenvalue weighted by Gasteiger charge is -2.19. The van der Waals surface area contributed by atoms with E-state index in [1.165, 1.54) is 12.1 Å². The third-order valence-electron chi connectivity index (χ3n) is 5.45. The number of ketones is 1. The summed E-state index contributed by atoms with van der Waals surface area (Å²) in [4.78, 5) is 39.9. The van der Waals surface area contributed by atoms with Gasteiger partial charge < -0.3 is 29.2 Å². The van der Waals surface area contributed by atoms with E-state index < -0.39 is 78.4 Å². The molecule has 3 rings (SSSR count). The van der Waals surface area contributed by atoms with Crippen molar-refractivity contribution >= 4 is 23.5 Å². The molecule has 0 saturated carbocycles. The molecular formula is C28H27F7N2O7. The lowest BCUT2D eigenvalue weighted by Crippen LogP contribution is -2.34. The molecule has 2 aromatic rings. The summed E-state index contributed by atoms with van der Waals surface area (Å²) in [7, 11) is 0. The molecule has 0 radical (unpaired) electrons. The Bertz CT molecular complexity index is 1400. The highest BCUT2D eigenvalue weighted by molar-refractivity contribution is 6.20. The molecule has 1 heterocycles. The SMILES string of the molecule is CC(C)(C)OC(=O)NCCOC1=C(C(=O)c2ccc(F)cc2OCC(F)(F)F)CN(c2ccc(OCC(F)(F)F)cc2)C1=O. The van der Waals surface area contributed by atoms with Crippen LogP contribution in [0.15, 0.2) is 53.8 Å². The van der Waals surface area contributed by atoms with Crippen LogP contribution < -0.4 is 19.7 Å². The number of alkyl carbamates (subject to hydrolysis) is 1. The van der Waals surface area contributed by atoms with Crippen LogP contribution in [0.5, 0.6) is 11.5 Å². The van der Waals surface area contributed by atoms with Crippen LogP contribution in [0, 0.1) is 5.82 Å². The normalized spacial score (nSPS) is 14.0. The van der Waals surface area contributed by atoms with E-state index in [0.717, 1.165) is 29.2 Å². The minimum atomic E-state index is -4.81. The van der Waals surface area contributed by atoms with E-state index in [4.69, 9.17) is 9.47 Å². The van der Waals surface area contributed by atoms with Crippen LogP contribution in [-0.4, -0.2) is 68.6 Å². The molecule has 2 aromatic carbocycles. The average Bonchev–Trinajstić information content (AvgIpc) is 3.22. The van der Waals surface area contributed by atoms with Crippen molar-refractivity contribution in [1.29, 1.82) is 0 Å². The number of amides is 2. The predicted molar refractivity (Wildman–Crippen MR) is 140 cm³/mol. The van der Waals surface area contributed by atoms with E-state index in [9.17, 15) is 45.1 Å². The smallest absolute Gasteiger partial charge is 0.422 e. The Morgan fingerprint density at radius 2 is 1.50 bits per heavy atom. The molecule has 16 heteroatoms. The molecule has 0 atom stereocenters. The lowest BCUT2D eigenvalue weighted by atomic mass is 10.0. The third kappa shape index (κ3) is 10.1. The summed E-state index contributed by atoms with van der Waals surface area (Å²) in [6.07, 6.45) is -10.2. The van der Waals surface area contributed by atoms with E-state index in [2.05, 4.69) is 14.8 Å². The van der Waals surface area contributed by atoms with Crippen molar-refractivity contribution in [2.75, 3.05) is 37.8 Å². The topological polar surface area (TPSA) is 103 Å². The molecule has 0 spiro atoms. The van der Waals surface area contributed by atoms with Crippen molar-refractivity contribution in [2.24, 2.45) is 0 Å². The zero-order chi connectivity index (χ0) is 32.9. The van der Waals surface area contributed by atoms with Gasteiger partial charge in [0.2, 0.25) is 0 Å². The summed E-state index contributed by atoms with van der Waals surface area (Å²) in [6.45, 7) is 0.499. The second-order valence-corrected chi connectivity index (χ2v) is 10.2. The summed E-state index contributed by atoms with van der Waals surface area (Å²) in [6, 6.07) is 7.08. The Morgan fingerprint density at radius 3 is 2.09 bits per heavy atom. The number of Topliss-reactive ketones (excluding diaryl/α,β-unsaturated/α-hetero) is 1. The first-order valence-electron chi connectivity index (χ1n) is 12.8. The number of nitrogens with zero attached hydrogens (tertiary/aromatic N) is 1. The minimum absolute atomic E-state index is 0.109. The van der Waals surface area contributed by atoms with E-state index >= 15 is 0 Å². The van der Waals surface area contributed by atoms with E-state index in [1.54, 1.807) is 20.8 Å². The molecule has 0 unspecified atom stereocenters. The Kier molecular flexibility index (Phi) is 10.4. The number of hydrogen-bond acceptors (Lipinski definition) is 7. The number of ether oxygens (including phenoxy) is 4. The maximum absolute atomic E-state index is 13.9. The molecule has 0 fully saturated rings. The van der Waals surface area contributed by atoms with Gasteiger partial charge in [-0.1, -0.05) is 0 Å². The maximum atomic E-state index is 13.9. The fraction of sp³-hybridized carbons (Fsp3) is 0.393. The number of hydrogen-bond donors (Lipinski definition) is 1. The number of nitrogens with one attached hydrogen (secondary N) is 1. The number of carbonyl (C=O) groups is 3. The zero-order valence-corrected chi connectivity index (χ0v) is 23.5. The maximum Gasteiger partial charge on any atom is 0.422 e. The van der Waals surface area contributed by atoms with Gasteiger partial charge in [0, 0.05) is 11.8 Å². The molecule has 1 aliphatic heterocycles. The highest BCUT2D eigenvalue weighted by Crippen LogP contribution is 2.33. The van der Waals surface area contributed by atoms with Gasteiger partial charge in [-0.2, -0.15) is 26.3 Å². The fourth-order valence-corrected chi connectivity index (χ4v) is 3.72. The molecule has 240 valence electrons.